The summed E-state index contributed by atoms with van der Waals surface area (Å²) in [6, 6.07) is 12.1. The smallest absolute Gasteiger partial charge is 0.161 e. The molecule has 0 radical (unpaired) electrons. The molecule has 3 rings (SSSR count). The Labute approximate surface area is 143 Å². The van der Waals surface area contributed by atoms with Gasteiger partial charge >= 0.3 is 0 Å². The number of methoxy groups -OCH3 is 2. The van der Waals surface area contributed by atoms with E-state index in [-0.39, 0.29) is 0 Å². The quantitative estimate of drug-likeness (QED) is 0.911. The Bertz CT molecular complexity index is 697. The molecule has 128 valence electrons. The summed E-state index contributed by atoms with van der Waals surface area (Å²) in [7, 11) is 3.36. The lowest BCUT2D eigenvalue weighted by atomic mass is 9.88. The van der Waals surface area contributed by atoms with E-state index in [1.54, 1.807) is 26.4 Å². The summed E-state index contributed by atoms with van der Waals surface area (Å²) in [6.07, 6.45) is 1.94. The second-order valence-corrected chi connectivity index (χ2v) is 6.17. The van der Waals surface area contributed by atoms with Gasteiger partial charge in [0.15, 0.2) is 11.5 Å². The predicted molar refractivity (Wildman–Crippen MR) is 95.0 cm³/mol. The highest BCUT2D eigenvalue weighted by atomic mass is 16.5. The van der Waals surface area contributed by atoms with Crippen molar-refractivity contribution in [2.45, 2.75) is 25.8 Å². The maximum atomic E-state index is 9.50. The van der Waals surface area contributed by atoms with Gasteiger partial charge in [0.1, 0.15) is 5.75 Å². The monoisotopic (exact) mass is 327 g/mol. The average molecular weight is 327 g/mol. The molecule has 1 aliphatic rings. The van der Waals surface area contributed by atoms with Gasteiger partial charge in [0, 0.05) is 12.6 Å². The highest BCUT2D eigenvalue weighted by molar-refractivity contribution is 5.50. The van der Waals surface area contributed by atoms with Crippen LogP contribution < -0.4 is 9.47 Å². The van der Waals surface area contributed by atoms with Gasteiger partial charge in [-0.05, 0) is 60.3 Å². The summed E-state index contributed by atoms with van der Waals surface area (Å²) in [6.45, 7) is 4.26. The number of hydrogen-bond acceptors (Lipinski definition) is 4. The minimum absolute atomic E-state index is 0.307. The first-order valence-electron chi connectivity index (χ1n) is 8.43. The van der Waals surface area contributed by atoms with E-state index in [1.165, 1.54) is 16.7 Å². The average Bonchev–Trinajstić information content (AvgIpc) is 2.62. The van der Waals surface area contributed by atoms with Crippen molar-refractivity contribution in [1.29, 1.82) is 0 Å². The summed E-state index contributed by atoms with van der Waals surface area (Å²) >= 11 is 0. The number of phenolic OH excluding ortho intramolecular Hbond substituents is 1. The fraction of sp³-hybridized carbons (Fsp3) is 0.400. The third-order valence-corrected chi connectivity index (χ3v) is 4.89. The van der Waals surface area contributed by atoms with E-state index in [2.05, 4.69) is 24.0 Å². The molecular weight excluding hydrogens is 302 g/mol. The zero-order chi connectivity index (χ0) is 17.1. The Morgan fingerprint density at radius 3 is 2.38 bits per heavy atom. The van der Waals surface area contributed by atoms with E-state index >= 15 is 0 Å². The Kier molecular flexibility index (Phi) is 4.95. The largest absolute Gasteiger partial charge is 0.508 e. The molecule has 0 amide bonds. The molecule has 24 heavy (non-hydrogen) atoms. The number of nitrogens with zero attached hydrogens (tertiary/aromatic N) is 1. The first kappa shape index (κ1) is 16.7. The number of benzene rings is 2. The zero-order valence-corrected chi connectivity index (χ0v) is 14.6. The Balaban J connectivity index is 1.99. The first-order valence-corrected chi connectivity index (χ1v) is 8.43. The molecule has 1 unspecified atom stereocenters. The van der Waals surface area contributed by atoms with Crippen LogP contribution in [0, 0.1) is 0 Å². The van der Waals surface area contributed by atoms with Gasteiger partial charge in [-0.15, -0.1) is 0 Å². The minimum atomic E-state index is 0.307. The van der Waals surface area contributed by atoms with Gasteiger partial charge in [-0.25, -0.2) is 0 Å². The normalized spacial score (nSPS) is 17.4. The van der Waals surface area contributed by atoms with Gasteiger partial charge in [-0.2, -0.15) is 0 Å². The van der Waals surface area contributed by atoms with Crippen LogP contribution in [0.5, 0.6) is 17.2 Å². The molecule has 0 saturated carbocycles. The van der Waals surface area contributed by atoms with Gasteiger partial charge in [0.2, 0.25) is 0 Å². The van der Waals surface area contributed by atoms with Gasteiger partial charge in [-0.3, -0.25) is 4.90 Å². The topological polar surface area (TPSA) is 41.9 Å². The molecule has 0 aliphatic carbocycles. The van der Waals surface area contributed by atoms with Gasteiger partial charge in [0.25, 0.3) is 0 Å². The maximum Gasteiger partial charge on any atom is 0.161 e. The summed E-state index contributed by atoms with van der Waals surface area (Å²) in [4.78, 5) is 2.50. The summed E-state index contributed by atoms with van der Waals surface area (Å²) in [5.41, 5.74) is 3.87. The molecule has 4 nitrogen and oxygen atoms in total. The fourth-order valence-corrected chi connectivity index (χ4v) is 3.55. The van der Waals surface area contributed by atoms with E-state index in [0.29, 0.717) is 11.8 Å². The predicted octanol–water partition coefficient (Wildman–Crippen LogP) is 3.57. The van der Waals surface area contributed by atoms with E-state index in [0.717, 1.165) is 37.4 Å². The molecule has 1 N–H and O–H groups in total. The van der Waals surface area contributed by atoms with Crippen LogP contribution in [0.15, 0.2) is 36.4 Å². The molecule has 0 fully saturated rings. The van der Waals surface area contributed by atoms with E-state index in [1.807, 2.05) is 12.1 Å². The van der Waals surface area contributed by atoms with Crippen molar-refractivity contribution in [3.05, 3.63) is 53.1 Å². The second-order valence-electron chi connectivity index (χ2n) is 6.17. The van der Waals surface area contributed by atoms with E-state index in [9.17, 15) is 5.11 Å². The number of phenols is 1. The lowest BCUT2D eigenvalue weighted by Crippen LogP contribution is -2.36. The van der Waals surface area contributed by atoms with Gasteiger partial charge in [0.05, 0.1) is 14.2 Å². The Hall–Kier alpha value is -2.20. The summed E-state index contributed by atoms with van der Waals surface area (Å²) in [5, 5.41) is 9.50. The number of likely N-dealkylation sites (N-methyl/N-ethyl adjacent to an activating group) is 1. The molecule has 0 spiro atoms. The van der Waals surface area contributed by atoms with Crippen LogP contribution >= 0.6 is 0 Å². The van der Waals surface area contributed by atoms with Crippen molar-refractivity contribution in [2.24, 2.45) is 0 Å². The fourth-order valence-electron chi connectivity index (χ4n) is 3.55. The number of ether oxygens (including phenoxy) is 2. The highest BCUT2D eigenvalue weighted by Gasteiger charge is 2.28. The molecule has 1 aliphatic heterocycles. The van der Waals surface area contributed by atoms with Crippen LogP contribution in [0.3, 0.4) is 0 Å². The number of aromatic hydroxyl groups is 1. The maximum absolute atomic E-state index is 9.50. The third kappa shape index (κ3) is 3.20. The second kappa shape index (κ2) is 7.14. The van der Waals surface area contributed by atoms with Crippen LogP contribution in [0.4, 0.5) is 0 Å². The number of fused-ring (bicyclic) bond motifs is 1. The SMILES string of the molecule is CCN1CCc2cc(OC)c(OC)cc2C1Cc1ccc(O)cc1. The number of rotatable bonds is 5. The number of hydrogen-bond donors (Lipinski definition) is 1. The zero-order valence-electron chi connectivity index (χ0n) is 14.6. The van der Waals surface area contributed by atoms with Crippen molar-refractivity contribution < 1.29 is 14.6 Å². The molecule has 0 bridgehead atoms. The molecule has 1 atom stereocenters. The van der Waals surface area contributed by atoms with Crippen LogP contribution in [0.25, 0.3) is 0 Å². The molecule has 1 heterocycles. The van der Waals surface area contributed by atoms with Crippen molar-refractivity contribution in [2.75, 3.05) is 27.3 Å². The molecule has 2 aromatic carbocycles. The van der Waals surface area contributed by atoms with Crippen molar-refractivity contribution in [1.82, 2.24) is 4.90 Å². The highest BCUT2D eigenvalue weighted by Crippen LogP contribution is 2.39. The standard InChI is InChI=1S/C20H25NO3/c1-4-21-10-9-15-12-19(23-2)20(24-3)13-17(15)18(21)11-14-5-7-16(22)8-6-14/h5-8,12-13,18,22H,4,9-11H2,1-3H3. The van der Waals surface area contributed by atoms with Crippen LogP contribution in [-0.4, -0.2) is 37.3 Å². The van der Waals surface area contributed by atoms with Gasteiger partial charge in [-0.1, -0.05) is 19.1 Å². The summed E-state index contributed by atoms with van der Waals surface area (Å²) in [5.74, 6) is 1.89. The third-order valence-electron chi connectivity index (χ3n) is 4.89. The lowest BCUT2D eigenvalue weighted by molar-refractivity contribution is 0.193. The van der Waals surface area contributed by atoms with E-state index < -0.39 is 0 Å². The van der Waals surface area contributed by atoms with Crippen LogP contribution in [0.2, 0.25) is 0 Å². The van der Waals surface area contributed by atoms with E-state index in [4.69, 9.17) is 9.47 Å². The van der Waals surface area contributed by atoms with Crippen LogP contribution in [0.1, 0.15) is 29.7 Å². The summed E-state index contributed by atoms with van der Waals surface area (Å²) < 4.78 is 11.0. The van der Waals surface area contributed by atoms with Crippen molar-refractivity contribution in [3.8, 4) is 17.2 Å². The molecule has 0 aromatic heterocycles. The van der Waals surface area contributed by atoms with Crippen molar-refractivity contribution in [3.63, 3.8) is 0 Å². The molecule has 0 saturated heterocycles. The lowest BCUT2D eigenvalue weighted by Gasteiger charge is -2.37. The van der Waals surface area contributed by atoms with Gasteiger partial charge < -0.3 is 14.6 Å². The molecule has 2 aromatic rings. The minimum Gasteiger partial charge on any atom is -0.508 e. The van der Waals surface area contributed by atoms with Crippen molar-refractivity contribution >= 4 is 0 Å². The Morgan fingerprint density at radius 2 is 1.75 bits per heavy atom. The van der Waals surface area contributed by atoms with Crippen LogP contribution in [-0.2, 0) is 12.8 Å². The molecule has 4 heteroatoms. The Morgan fingerprint density at radius 1 is 1.08 bits per heavy atom. The first-order chi connectivity index (χ1) is 11.7. The molecular formula is C20H25NO3.